The first kappa shape index (κ1) is 18.3. The molecule has 138 valence electrons. The van der Waals surface area contributed by atoms with Crippen LogP contribution in [0.25, 0.3) is 0 Å². The van der Waals surface area contributed by atoms with Crippen LogP contribution in [-0.4, -0.2) is 57.7 Å². The second kappa shape index (κ2) is 7.05. The smallest absolute Gasteiger partial charge is 0.243 e. The summed E-state index contributed by atoms with van der Waals surface area (Å²) >= 11 is 0. The highest BCUT2D eigenvalue weighted by molar-refractivity contribution is 7.91. The fraction of sp³-hybridized carbons (Fsp3) is 0.562. The number of hydrogen-bond acceptors (Lipinski definition) is 5. The quantitative estimate of drug-likeness (QED) is 0.807. The number of rotatable bonds is 4. The molecule has 2 heterocycles. The zero-order valence-corrected chi connectivity index (χ0v) is 15.4. The number of nitrogens with zero attached hydrogens (tertiary/aromatic N) is 1. The van der Waals surface area contributed by atoms with Crippen LogP contribution in [0.2, 0.25) is 0 Å². The number of carbonyl (C=O) groups excluding carboxylic acids is 1. The molecule has 2 unspecified atom stereocenters. The van der Waals surface area contributed by atoms with Gasteiger partial charge in [0.2, 0.25) is 15.9 Å². The molecule has 25 heavy (non-hydrogen) atoms. The minimum Gasteiger partial charge on any atom is -0.352 e. The molecule has 0 aliphatic carbocycles. The molecular weight excluding hydrogens is 364 g/mol. The Morgan fingerprint density at radius 3 is 2.52 bits per heavy atom. The Kier molecular flexibility index (Phi) is 5.17. The first-order chi connectivity index (χ1) is 11.8. The van der Waals surface area contributed by atoms with Crippen molar-refractivity contribution in [3.05, 3.63) is 30.3 Å². The van der Waals surface area contributed by atoms with E-state index in [1.54, 1.807) is 30.3 Å². The first-order valence-electron chi connectivity index (χ1n) is 8.34. The molecule has 0 radical (unpaired) electrons. The van der Waals surface area contributed by atoms with Gasteiger partial charge in [-0.05, 0) is 31.4 Å². The van der Waals surface area contributed by atoms with E-state index in [0.717, 1.165) is 0 Å². The van der Waals surface area contributed by atoms with Gasteiger partial charge in [-0.3, -0.25) is 4.79 Å². The van der Waals surface area contributed by atoms with Gasteiger partial charge in [-0.1, -0.05) is 18.2 Å². The highest BCUT2D eigenvalue weighted by atomic mass is 32.2. The van der Waals surface area contributed by atoms with Crippen molar-refractivity contribution in [2.75, 3.05) is 24.6 Å². The third-order valence-electron chi connectivity index (χ3n) is 4.71. The van der Waals surface area contributed by atoms with Crippen LogP contribution in [0.4, 0.5) is 0 Å². The fourth-order valence-corrected chi connectivity index (χ4v) is 6.56. The average Bonchev–Trinajstić information content (AvgIpc) is 2.94. The third-order valence-corrected chi connectivity index (χ3v) is 8.36. The van der Waals surface area contributed by atoms with Crippen LogP contribution < -0.4 is 5.32 Å². The van der Waals surface area contributed by atoms with E-state index in [1.165, 1.54) is 4.31 Å². The van der Waals surface area contributed by atoms with Crippen LogP contribution in [0.15, 0.2) is 35.2 Å². The Morgan fingerprint density at radius 1 is 1.16 bits per heavy atom. The molecule has 0 aromatic heterocycles. The predicted octanol–water partition coefficient (Wildman–Crippen LogP) is 0.391. The summed E-state index contributed by atoms with van der Waals surface area (Å²) in [7, 11) is -6.68. The van der Waals surface area contributed by atoms with Gasteiger partial charge < -0.3 is 5.32 Å². The highest BCUT2D eigenvalue weighted by Crippen LogP contribution is 2.24. The van der Waals surface area contributed by atoms with Gasteiger partial charge in [0.25, 0.3) is 0 Å². The molecule has 1 aromatic rings. The lowest BCUT2D eigenvalue weighted by molar-refractivity contribution is -0.126. The van der Waals surface area contributed by atoms with E-state index in [1.807, 2.05) is 0 Å². The van der Waals surface area contributed by atoms with E-state index in [0.29, 0.717) is 25.8 Å². The van der Waals surface area contributed by atoms with Gasteiger partial charge in [0.05, 0.1) is 22.3 Å². The van der Waals surface area contributed by atoms with Crippen LogP contribution >= 0.6 is 0 Å². The third kappa shape index (κ3) is 4.21. The number of amides is 1. The molecule has 1 N–H and O–H groups in total. The minimum absolute atomic E-state index is 0.0303. The molecule has 0 saturated carbocycles. The lowest BCUT2D eigenvalue weighted by Crippen LogP contribution is -2.47. The van der Waals surface area contributed by atoms with Crippen LogP contribution in [0.3, 0.4) is 0 Å². The molecular formula is C16H22N2O5S2. The number of hydrogen-bond donors (Lipinski definition) is 1. The number of sulfonamides is 1. The van der Waals surface area contributed by atoms with Crippen LogP contribution in [0, 0.1) is 5.92 Å². The summed E-state index contributed by atoms with van der Waals surface area (Å²) in [6.45, 7) is 0.515. The summed E-state index contributed by atoms with van der Waals surface area (Å²) in [6, 6.07) is 7.81. The predicted molar refractivity (Wildman–Crippen MR) is 93.1 cm³/mol. The van der Waals surface area contributed by atoms with E-state index < -0.39 is 25.8 Å². The largest absolute Gasteiger partial charge is 0.352 e. The molecule has 1 aromatic carbocycles. The van der Waals surface area contributed by atoms with Crippen molar-refractivity contribution in [2.24, 2.45) is 5.92 Å². The van der Waals surface area contributed by atoms with Gasteiger partial charge in [0.15, 0.2) is 9.84 Å². The molecule has 2 aliphatic heterocycles. The second-order valence-corrected chi connectivity index (χ2v) is 10.8. The van der Waals surface area contributed by atoms with Gasteiger partial charge in [0.1, 0.15) is 0 Å². The first-order valence-corrected chi connectivity index (χ1v) is 11.6. The van der Waals surface area contributed by atoms with Crippen molar-refractivity contribution in [3.63, 3.8) is 0 Å². The van der Waals surface area contributed by atoms with Crippen LogP contribution in [0.5, 0.6) is 0 Å². The Bertz CT molecular complexity index is 837. The summed E-state index contributed by atoms with van der Waals surface area (Å²) in [5.74, 6) is -0.639. The Morgan fingerprint density at radius 2 is 1.88 bits per heavy atom. The van der Waals surface area contributed by atoms with Gasteiger partial charge in [-0.15, -0.1) is 0 Å². The van der Waals surface area contributed by atoms with Gasteiger partial charge in [-0.25, -0.2) is 16.8 Å². The topological polar surface area (TPSA) is 101 Å². The van der Waals surface area contributed by atoms with E-state index in [2.05, 4.69) is 5.32 Å². The maximum atomic E-state index is 12.7. The summed E-state index contributed by atoms with van der Waals surface area (Å²) in [6.07, 6.45) is 1.63. The maximum Gasteiger partial charge on any atom is 0.243 e. The van der Waals surface area contributed by atoms with Gasteiger partial charge >= 0.3 is 0 Å². The van der Waals surface area contributed by atoms with Crippen LogP contribution in [0.1, 0.15) is 19.3 Å². The van der Waals surface area contributed by atoms with E-state index in [-0.39, 0.29) is 34.9 Å². The number of nitrogens with one attached hydrogen (secondary N) is 1. The molecule has 0 bridgehead atoms. The fourth-order valence-electron chi connectivity index (χ4n) is 3.34. The highest BCUT2D eigenvalue weighted by Gasteiger charge is 2.35. The monoisotopic (exact) mass is 386 g/mol. The number of carbonyl (C=O) groups is 1. The Hall–Kier alpha value is -1.45. The van der Waals surface area contributed by atoms with Crippen molar-refractivity contribution in [1.82, 2.24) is 9.62 Å². The van der Waals surface area contributed by atoms with Crippen molar-refractivity contribution < 1.29 is 21.6 Å². The zero-order valence-electron chi connectivity index (χ0n) is 13.8. The lowest BCUT2D eigenvalue weighted by Gasteiger charge is -2.31. The summed E-state index contributed by atoms with van der Waals surface area (Å²) in [5.41, 5.74) is 0. The molecule has 2 aliphatic rings. The second-order valence-electron chi connectivity index (χ2n) is 6.62. The molecule has 9 heteroatoms. The van der Waals surface area contributed by atoms with Crippen molar-refractivity contribution in [2.45, 2.75) is 30.2 Å². The number of benzene rings is 1. The lowest BCUT2D eigenvalue weighted by atomic mass is 9.98. The SMILES string of the molecule is O=C(NC1CCS(=O)(=O)C1)C1CCCN(S(=O)(=O)c2ccccc2)C1. The zero-order chi connectivity index (χ0) is 18.1. The van der Waals surface area contributed by atoms with E-state index in [9.17, 15) is 21.6 Å². The minimum atomic E-state index is -3.62. The Labute approximate surface area is 148 Å². The Balaban J connectivity index is 1.66. The maximum absolute atomic E-state index is 12.7. The van der Waals surface area contributed by atoms with Crippen molar-refractivity contribution in [1.29, 1.82) is 0 Å². The standard InChI is InChI=1S/C16H22N2O5S2/c19-16(17-14-8-10-24(20,21)12-14)13-5-4-9-18(11-13)25(22,23)15-6-2-1-3-7-15/h1-3,6-7,13-14H,4-5,8-12H2,(H,17,19). The van der Waals surface area contributed by atoms with Gasteiger partial charge in [-0.2, -0.15) is 4.31 Å². The van der Waals surface area contributed by atoms with Gasteiger partial charge in [0, 0.05) is 19.1 Å². The normalized spacial score (nSPS) is 27.0. The molecule has 3 rings (SSSR count). The average molecular weight is 386 g/mol. The van der Waals surface area contributed by atoms with E-state index in [4.69, 9.17) is 0 Å². The molecule has 7 nitrogen and oxygen atoms in total. The van der Waals surface area contributed by atoms with Crippen LogP contribution in [-0.2, 0) is 24.7 Å². The molecule has 1 amide bonds. The summed E-state index contributed by atoms with van der Waals surface area (Å²) in [5, 5.41) is 2.78. The molecule has 2 atom stereocenters. The summed E-state index contributed by atoms with van der Waals surface area (Å²) < 4.78 is 49.7. The van der Waals surface area contributed by atoms with Crippen molar-refractivity contribution in [3.8, 4) is 0 Å². The molecule has 2 saturated heterocycles. The molecule has 2 fully saturated rings. The van der Waals surface area contributed by atoms with E-state index >= 15 is 0 Å². The molecule has 0 spiro atoms. The number of piperidine rings is 1. The number of sulfone groups is 1. The van der Waals surface area contributed by atoms with Crippen molar-refractivity contribution >= 4 is 25.8 Å². The summed E-state index contributed by atoms with van der Waals surface area (Å²) in [4.78, 5) is 12.7.